The molecular formula is C33H22F6O4S3. The van der Waals surface area contributed by atoms with Gasteiger partial charge in [-0.2, -0.15) is 13.2 Å². The lowest BCUT2D eigenvalue weighted by molar-refractivity contribution is -0.0517. The molecule has 238 valence electrons. The van der Waals surface area contributed by atoms with Gasteiger partial charge in [-0.3, -0.25) is 4.79 Å². The second-order valence-corrected chi connectivity index (χ2v) is 14.0. The zero-order valence-corrected chi connectivity index (χ0v) is 26.0. The minimum absolute atomic E-state index is 0.224. The van der Waals surface area contributed by atoms with Gasteiger partial charge in [0.1, 0.15) is 17.5 Å². The number of benzene rings is 5. The van der Waals surface area contributed by atoms with E-state index in [1.807, 2.05) is 43.3 Å². The van der Waals surface area contributed by atoms with Crippen LogP contribution >= 0.6 is 11.8 Å². The minimum atomic E-state index is -6.09. The molecule has 0 bridgehead atoms. The Hall–Kier alpha value is -4.04. The number of alkyl halides is 3. The Kier molecular flexibility index (Phi) is 11.0. The van der Waals surface area contributed by atoms with E-state index in [1.54, 1.807) is 48.5 Å². The van der Waals surface area contributed by atoms with Crippen LogP contribution < -0.4 is 0 Å². The summed E-state index contributed by atoms with van der Waals surface area (Å²) in [5.74, 6) is -1.33. The predicted octanol–water partition coefficient (Wildman–Crippen LogP) is 8.94. The molecule has 0 heterocycles. The number of hydrogen-bond acceptors (Lipinski definition) is 5. The smallest absolute Gasteiger partial charge is 0.485 e. The summed E-state index contributed by atoms with van der Waals surface area (Å²) in [6.45, 7) is 1.94. The lowest BCUT2D eigenvalue weighted by Crippen LogP contribution is -2.21. The van der Waals surface area contributed by atoms with Crippen molar-refractivity contribution in [2.75, 3.05) is 0 Å². The summed E-state index contributed by atoms with van der Waals surface area (Å²) < 4.78 is 101. The van der Waals surface area contributed by atoms with E-state index in [9.17, 15) is 31.1 Å². The number of rotatable bonds is 7. The molecule has 13 heteroatoms. The third-order valence-corrected chi connectivity index (χ3v) is 10.0. The molecular weight excluding hydrogens is 671 g/mol. The van der Waals surface area contributed by atoms with Crippen LogP contribution in [0.15, 0.2) is 140 Å². The SMILES string of the molecule is Cc1ccc(C(=O)c2ccc(Sc3ccc([S+](c4ccc(F)cc4)c4ccc(F)cc4)cc3)c(F)c2)cc1.O=S(=O)([O-])C(F)(F)F. The molecule has 5 aromatic carbocycles. The highest BCUT2D eigenvalue weighted by Crippen LogP contribution is 2.35. The van der Waals surface area contributed by atoms with E-state index in [0.29, 0.717) is 16.0 Å². The van der Waals surface area contributed by atoms with Crippen LogP contribution in [0.3, 0.4) is 0 Å². The van der Waals surface area contributed by atoms with Crippen molar-refractivity contribution in [1.29, 1.82) is 0 Å². The van der Waals surface area contributed by atoms with Crippen molar-refractivity contribution in [2.24, 2.45) is 0 Å². The first-order valence-electron chi connectivity index (χ1n) is 13.1. The third-order valence-electron chi connectivity index (χ3n) is 6.18. The molecule has 4 nitrogen and oxygen atoms in total. The number of ketones is 1. The Bertz CT molecular complexity index is 1870. The molecule has 0 atom stereocenters. The summed E-state index contributed by atoms with van der Waals surface area (Å²) in [6, 6.07) is 32.0. The topological polar surface area (TPSA) is 74.3 Å². The van der Waals surface area contributed by atoms with Gasteiger partial charge in [0.25, 0.3) is 0 Å². The summed E-state index contributed by atoms with van der Waals surface area (Å²) in [4.78, 5) is 16.7. The van der Waals surface area contributed by atoms with Gasteiger partial charge in [0.15, 0.2) is 30.6 Å². The Morgan fingerprint density at radius 2 is 1.09 bits per heavy atom. The van der Waals surface area contributed by atoms with Gasteiger partial charge in [-0.15, -0.1) is 0 Å². The summed E-state index contributed by atoms with van der Waals surface area (Å²) in [7, 11) is -6.66. The van der Waals surface area contributed by atoms with Gasteiger partial charge in [0.05, 0.1) is 10.9 Å². The van der Waals surface area contributed by atoms with Crippen LogP contribution in [0.5, 0.6) is 0 Å². The van der Waals surface area contributed by atoms with E-state index >= 15 is 0 Å². The molecule has 0 aromatic heterocycles. The Morgan fingerprint density at radius 1 is 0.674 bits per heavy atom. The average molecular weight is 693 g/mol. The molecule has 0 aliphatic carbocycles. The normalized spacial score (nSPS) is 11.6. The molecule has 5 rings (SSSR count). The van der Waals surface area contributed by atoms with Gasteiger partial charge < -0.3 is 4.55 Å². The van der Waals surface area contributed by atoms with Crippen molar-refractivity contribution in [3.05, 3.63) is 149 Å². The molecule has 0 aliphatic rings. The van der Waals surface area contributed by atoms with Gasteiger partial charge in [0, 0.05) is 20.9 Å². The maximum Gasteiger partial charge on any atom is 0.485 e. The molecule has 0 saturated heterocycles. The van der Waals surface area contributed by atoms with Crippen molar-refractivity contribution >= 4 is 38.6 Å². The summed E-state index contributed by atoms with van der Waals surface area (Å²) in [5, 5.41) is 0. The number of carbonyl (C=O) groups is 1. The van der Waals surface area contributed by atoms with Gasteiger partial charge in [-0.25, -0.2) is 21.6 Å². The van der Waals surface area contributed by atoms with Crippen molar-refractivity contribution in [2.45, 2.75) is 36.9 Å². The van der Waals surface area contributed by atoms with E-state index in [4.69, 9.17) is 13.0 Å². The largest absolute Gasteiger partial charge is 0.741 e. The van der Waals surface area contributed by atoms with E-state index in [0.717, 1.165) is 25.1 Å². The number of halogens is 6. The van der Waals surface area contributed by atoms with Crippen molar-refractivity contribution in [1.82, 2.24) is 0 Å². The highest BCUT2D eigenvalue weighted by Gasteiger charge is 2.37. The van der Waals surface area contributed by atoms with Crippen LogP contribution in [0.1, 0.15) is 21.5 Å². The molecule has 46 heavy (non-hydrogen) atoms. The van der Waals surface area contributed by atoms with Crippen LogP contribution in [0.25, 0.3) is 0 Å². The first-order valence-corrected chi connectivity index (χ1v) is 16.5. The van der Waals surface area contributed by atoms with Crippen molar-refractivity contribution in [3.63, 3.8) is 0 Å². The molecule has 0 saturated carbocycles. The lowest BCUT2D eigenvalue weighted by atomic mass is 10.0. The fourth-order valence-corrected chi connectivity index (χ4v) is 6.78. The molecule has 0 amide bonds. The van der Waals surface area contributed by atoms with E-state index in [1.165, 1.54) is 42.1 Å². The highest BCUT2D eigenvalue weighted by molar-refractivity contribution is 7.99. The maximum absolute atomic E-state index is 15.0. The molecule has 0 radical (unpaired) electrons. The monoisotopic (exact) mass is 692 g/mol. The van der Waals surface area contributed by atoms with Gasteiger partial charge in [-0.05, 0) is 97.9 Å². The molecule has 0 unspecified atom stereocenters. The van der Waals surface area contributed by atoms with Crippen molar-refractivity contribution in [3.8, 4) is 0 Å². The van der Waals surface area contributed by atoms with Crippen LogP contribution in [-0.2, 0) is 21.0 Å². The minimum Gasteiger partial charge on any atom is -0.741 e. The average Bonchev–Trinajstić information content (AvgIpc) is 3.00. The first-order chi connectivity index (χ1) is 21.6. The fourth-order valence-electron chi connectivity index (χ4n) is 3.92. The lowest BCUT2D eigenvalue weighted by Gasteiger charge is -2.10. The fraction of sp³-hybridized carbons (Fsp3) is 0.0606. The van der Waals surface area contributed by atoms with E-state index < -0.39 is 32.3 Å². The Morgan fingerprint density at radius 3 is 1.50 bits per heavy atom. The van der Waals surface area contributed by atoms with E-state index in [2.05, 4.69) is 0 Å². The molecule has 0 N–H and O–H groups in total. The zero-order valence-electron chi connectivity index (χ0n) is 23.6. The maximum atomic E-state index is 15.0. The second kappa shape index (κ2) is 14.6. The highest BCUT2D eigenvalue weighted by atomic mass is 32.2. The first kappa shape index (κ1) is 34.8. The van der Waals surface area contributed by atoms with Crippen LogP contribution in [0, 0.1) is 24.4 Å². The summed E-state index contributed by atoms with van der Waals surface area (Å²) in [5.41, 5.74) is -3.78. The predicted molar refractivity (Wildman–Crippen MR) is 162 cm³/mol. The summed E-state index contributed by atoms with van der Waals surface area (Å²) >= 11 is 1.27. The van der Waals surface area contributed by atoms with Gasteiger partial charge >= 0.3 is 5.51 Å². The van der Waals surface area contributed by atoms with E-state index in [-0.39, 0.29) is 17.4 Å². The van der Waals surface area contributed by atoms with Crippen LogP contribution in [0.4, 0.5) is 26.3 Å². The Balaban J connectivity index is 0.000000533. The molecule has 0 aliphatic heterocycles. The van der Waals surface area contributed by atoms with Crippen molar-refractivity contribution < 1.29 is 44.1 Å². The van der Waals surface area contributed by atoms with Gasteiger partial charge in [-0.1, -0.05) is 41.6 Å². The standard InChI is InChI=1S/C32H22F3OS2.CHF3O3S/c1-21-2-4-22(5-3-21)32(36)23-6-19-31(30(35)20-23)37-26-11-17-29(18-12-26)38(27-13-7-24(33)8-14-27)28-15-9-25(34)10-16-28;2-1(3,4)8(5,6)7/h2-20H,1H3;(H,5,6,7)/q+1;/p-1. The molecule has 0 fully saturated rings. The Labute approximate surface area is 268 Å². The summed E-state index contributed by atoms with van der Waals surface area (Å²) in [6.07, 6.45) is 0. The number of hydrogen-bond donors (Lipinski definition) is 0. The zero-order chi connectivity index (χ0) is 33.6. The molecule has 0 spiro atoms. The molecule has 5 aromatic rings. The number of aryl methyl sites for hydroxylation is 1. The van der Waals surface area contributed by atoms with Crippen LogP contribution in [-0.4, -0.2) is 24.3 Å². The third kappa shape index (κ3) is 9.03. The van der Waals surface area contributed by atoms with Gasteiger partial charge in [0.2, 0.25) is 0 Å². The number of carbonyl (C=O) groups excluding carboxylic acids is 1. The quantitative estimate of drug-likeness (QED) is 0.0560. The van der Waals surface area contributed by atoms with Crippen LogP contribution in [0.2, 0.25) is 0 Å². The second-order valence-electron chi connectivity index (χ2n) is 9.53.